The minimum Gasteiger partial charge on any atom is -0.367 e. The highest BCUT2D eigenvalue weighted by Crippen LogP contribution is 2.27. The predicted molar refractivity (Wildman–Crippen MR) is 58.8 cm³/mol. The highest BCUT2D eigenvalue weighted by molar-refractivity contribution is 5.49. The van der Waals surface area contributed by atoms with Crippen molar-refractivity contribution in [3.8, 4) is 0 Å². The zero-order chi connectivity index (χ0) is 10.3. The molecule has 0 atom stereocenters. The van der Waals surface area contributed by atoms with Crippen molar-refractivity contribution >= 4 is 5.82 Å². The third kappa shape index (κ3) is 1.81. The van der Waals surface area contributed by atoms with Gasteiger partial charge < -0.3 is 10.6 Å². The molecule has 1 aliphatic heterocycles. The van der Waals surface area contributed by atoms with E-state index >= 15 is 0 Å². The lowest BCUT2D eigenvalue weighted by molar-refractivity contribution is 0.621. The van der Waals surface area contributed by atoms with Gasteiger partial charge in [0, 0.05) is 18.2 Å². The van der Waals surface area contributed by atoms with Crippen molar-refractivity contribution in [1.82, 2.24) is 15.3 Å². The van der Waals surface area contributed by atoms with Crippen LogP contribution in [0.2, 0.25) is 0 Å². The summed E-state index contributed by atoms with van der Waals surface area (Å²) in [5, 5.41) is 6.85. The van der Waals surface area contributed by atoms with Crippen molar-refractivity contribution in [2.24, 2.45) is 0 Å². The van der Waals surface area contributed by atoms with Gasteiger partial charge in [-0.3, -0.25) is 0 Å². The highest BCUT2D eigenvalue weighted by Gasteiger charge is 2.24. The third-order valence-electron chi connectivity index (χ3n) is 2.97. The summed E-state index contributed by atoms with van der Waals surface area (Å²) in [5.41, 5.74) is 2.50. The normalized spacial score (nSPS) is 19.8. The summed E-state index contributed by atoms with van der Waals surface area (Å²) in [6, 6.07) is 0.665. The first-order valence-electron chi connectivity index (χ1n) is 5.66. The quantitative estimate of drug-likeness (QED) is 0.754. The maximum Gasteiger partial charge on any atom is 0.133 e. The first-order valence-corrected chi connectivity index (χ1v) is 5.66. The first kappa shape index (κ1) is 9.09. The Morgan fingerprint density at radius 1 is 1.33 bits per heavy atom. The molecular weight excluding hydrogens is 188 g/mol. The molecule has 80 valence electrons. The maximum absolute atomic E-state index is 4.52. The van der Waals surface area contributed by atoms with Crippen LogP contribution in [0.5, 0.6) is 0 Å². The van der Waals surface area contributed by atoms with Crippen LogP contribution in [0.25, 0.3) is 0 Å². The van der Waals surface area contributed by atoms with Gasteiger partial charge >= 0.3 is 0 Å². The van der Waals surface area contributed by atoms with Crippen molar-refractivity contribution in [3.63, 3.8) is 0 Å². The number of fused-ring (bicyclic) bond motifs is 1. The minimum atomic E-state index is 0.665. The smallest absolute Gasteiger partial charge is 0.133 e. The van der Waals surface area contributed by atoms with Crippen LogP contribution in [-0.2, 0) is 13.0 Å². The lowest BCUT2D eigenvalue weighted by atomic mass is 10.1. The van der Waals surface area contributed by atoms with Gasteiger partial charge in [0.05, 0.1) is 5.69 Å². The molecule has 2 aliphatic rings. The van der Waals surface area contributed by atoms with Gasteiger partial charge in [-0.15, -0.1) is 0 Å². The van der Waals surface area contributed by atoms with Gasteiger partial charge in [0.2, 0.25) is 0 Å². The summed E-state index contributed by atoms with van der Waals surface area (Å²) in [6.45, 7) is 3.89. The van der Waals surface area contributed by atoms with Gasteiger partial charge in [0.15, 0.2) is 0 Å². The molecular formula is C11H16N4. The van der Waals surface area contributed by atoms with Crippen LogP contribution >= 0.6 is 0 Å². The Hall–Kier alpha value is -1.16. The summed E-state index contributed by atoms with van der Waals surface area (Å²) in [6.07, 6.45) is 3.62. The van der Waals surface area contributed by atoms with Crippen molar-refractivity contribution in [2.75, 3.05) is 11.9 Å². The molecule has 15 heavy (non-hydrogen) atoms. The molecule has 4 nitrogen and oxygen atoms in total. The fourth-order valence-corrected chi connectivity index (χ4v) is 2.02. The summed E-state index contributed by atoms with van der Waals surface area (Å²) >= 11 is 0. The minimum absolute atomic E-state index is 0.665. The van der Waals surface area contributed by atoms with Gasteiger partial charge in [-0.05, 0) is 32.7 Å². The number of anilines is 1. The van der Waals surface area contributed by atoms with Gasteiger partial charge in [-0.1, -0.05) is 0 Å². The molecule has 2 heterocycles. The second-order valence-corrected chi connectivity index (χ2v) is 4.39. The molecule has 0 spiro atoms. The van der Waals surface area contributed by atoms with Crippen LogP contribution in [0.1, 0.15) is 29.9 Å². The van der Waals surface area contributed by atoms with E-state index in [1.165, 1.54) is 24.1 Å². The van der Waals surface area contributed by atoms with E-state index in [0.29, 0.717) is 6.04 Å². The van der Waals surface area contributed by atoms with Crippen molar-refractivity contribution in [1.29, 1.82) is 0 Å². The largest absolute Gasteiger partial charge is 0.367 e. The fourth-order valence-electron chi connectivity index (χ4n) is 2.02. The molecule has 0 amide bonds. The molecule has 0 unspecified atom stereocenters. The molecule has 1 aromatic rings. The van der Waals surface area contributed by atoms with E-state index in [1.807, 2.05) is 6.92 Å². The highest BCUT2D eigenvalue weighted by atomic mass is 15.1. The second kappa shape index (κ2) is 3.45. The third-order valence-corrected chi connectivity index (χ3v) is 2.97. The molecule has 0 aromatic carbocycles. The Labute approximate surface area is 89.5 Å². The van der Waals surface area contributed by atoms with Crippen molar-refractivity contribution in [3.05, 3.63) is 17.1 Å². The van der Waals surface area contributed by atoms with E-state index in [0.717, 1.165) is 31.2 Å². The summed E-state index contributed by atoms with van der Waals surface area (Å²) in [7, 11) is 0. The van der Waals surface area contributed by atoms with Gasteiger partial charge in [0.25, 0.3) is 0 Å². The van der Waals surface area contributed by atoms with E-state index in [9.17, 15) is 0 Å². The van der Waals surface area contributed by atoms with E-state index in [1.54, 1.807) is 0 Å². The summed E-state index contributed by atoms with van der Waals surface area (Å²) < 4.78 is 0. The molecule has 4 heteroatoms. The van der Waals surface area contributed by atoms with Crippen LogP contribution in [-0.4, -0.2) is 22.6 Å². The zero-order valence-corrected chi connectivity index (χ0v) is 9.01. The fraction of sp³-hybridized carbons (Fsp3) is 0.636. The number of nitrogens with zero attached hydrogens (tertiary/aromatic N) is 2. The van der Waals surface area contributed by atoms with E-state index in [4.69, 9.17) is 0 Å². The lowest BCUT2D eigenvalue weighted by Crippen LogP contribution is -2.27. The Kier molecular flexibility index (Phi) is 2.09. The molecule has 3 rings (SSSR count). The molecule has 2 N–H and O–H groups in total. The summed E-state index contributed by atoms with van der Waals surface area (Å²) in [4.78, 5) is 9.01. The van der Waals surface area contributed by atoms with Gasteiger partial charge in [0.1, 0.15) is 11.6 Å². The van der Waals surface area contributed by atoms with E-state index in [-0.39, 0.29) is 0 Å². The number of hydrogen-bond acceptors (Lipinski definition) is 4. The Morgan fingerprint density at radius 3 is 3.00 bits per heavy atom. The molecule has 0 bridgehead atoms. The number of hydrogen-bond donors (Lipinski definition) is 2. The van der Waals surface area contributed by atoms with Crippen LogP contribution in [0.3, 0.4) is 0 Å². The lowest BCUT2D eigenvalue weighted by Gasteiger charge is -2.19. The van der Waals surface area contributed by atoms with Crippen molar-refractivity contribution in [2.45, 2.75) is 38.8 Å². The van der Waals surface area contributed by atoms with E-state index in [2.05, 4.69) is 20.6 Å². The molecule has 0 radical (unpaired) electrons. The molecule has 1 saturated carbocycles. The number of nitrogens with one attached hydrogen (secondary N) is 2. The SMILES string of the molecule is Cc1nc2c(c(NC3CC3)n1)CCNC2. The van der Waals surface area contributed by atoms with Crippen molar-refractivity contribution < 1.29 is 0 Å². The number of rotatable bonds is 2. The predicted octanol–water partition coefficient (Wildman–Crippen LogP) is 1.01. The Bertz CT molecular complexity index is 384. The van der Waals surface area contributed by atoms with Crippen LogP contribution in [0.4, 0.5) is 5.82 Å². The number of aromatic nitrogens is 2. The average molecular weight is 204 g/mol. The van der Waals surface area contributed by atoms with Crippen LogP contribution < -0.4 is 10.6 Å². The molecule has 1 aromatic heterocycles. The molecule has 1 fully saturated rings. The van der Waals surface area contributed by atoms with Gasteiger partial charge in [-0.25, -0.2) is 9.97 Å². The van der Waals surface area contributed by atoms with Gasteiger partial charge in [-0.2, -0.15) is 0 Å². The Balaban J connectivity index is 1.98. The monoisotopic (exact) mass is 204 g/mol. The number of aryl methyl sites for hydroxylation is 1. The van der Waals surface area contributed by atoms with Crippen LogP contribution in [0, 0.1) is 6.92 Å². The second-order valence-electron chi connectivity index (χ2n) is 4.39. The molecule has 0 saturated heterocycles. The Morgan fingerprint density at radius 2 is 2.20 bits per heavy atom. The maximum atomic E-state index is 4.52. The summed E-state index contributed by atoms with van der Waals surface area (Å²) in [5.74, 6) is 1.96. The topological polar surface area (TPSA) is 49.8 Å². The standard InChI is InChI=1S/C11H16N4/c1-7-13-10-6-12-5-4-9(10)11(14-7)15-8-2-3-8/h8,12H,2-6H2,1H3,(H,13,14,15). The average Bonchev–Trinajstić information content (AvgIpc) is 3.01. The van der Waals surface area contributed by atoms with E-state index < -0.39 is 0 Å². The van der Waals surface area contributed by atoms with Crippen LogP contribution in [0.15, 0.2) is 0 Å². The zero-order valence-electron chi connectivity index (χ0n) is 9.01. The first-order chi connectivity index (χ1) is 7.33. The molecule has 1 aliphatic carbocycles.